The SMILES string of the molecule is CC1=C(NC2CCC(C(=O)Nc3cccc4ccccc34)CC2)CCC1=O.CC1=C(NC2CCC(C(=O)O)CC2)CCC1=O.Nc1cccc2ccccc12. The number of carbonyl (C=O) groups excluding carboxylic acids is 3. The van der Waals surface area contributed by atoms with Crippen molar-refractivity contribution in [2.75, 3.05) is 11.1 Å². The number of ketones is 2. The number of fused-ring (bicyclic) bond motifs is 2. The topological polar surface area (TPSA) is 151 Å². The minimum Gasteiger partial charge on any atom is -0.481 e. The van der Waals surface area contributed by atoms with E-state index >= 15 is 0 Å². The molecule has 4 aliphatic rings. The van der Waals surface area contributed by atoms with Crippen molar-refractivity contribution < 1.29 is 24.3 Å². The molecule has 4 aliphatic carbocycles. The molecule has 2 saturated carbocycles. The molecule has 9 heteroatoms. The highest BCUT2D eigenvalue weighted by Crippen LogP contribution is 2.31. The van der Waals surface area contributed by atoms with E-state index < -0.39 is 5.97 Å². The molecule has 0 spiro atoms. The predicted octanol–water partition coefficient (Wildman–Crippen LogP) is 8.84. The van der Waals surface area contributed by atoms with Crippen molar-refractivity contribution in [1.29, 1.82) is 0 Å². The van der Waals surface area contributed by atoms with Crippen molar-refractivity contribution in [3.8, 4) is 0 Å². The van der Waals surface area contributed by atoms with Gasteiger partial charge in [-0.1, -0.05) is 72.8 Å². The zero-order valence-corrected chi connectivity index (χ0v) is 32.0. The Kier molecular flexibility index (Phi) is 13.0. The van der Waals surface area contributed by atoms with Crippen LogP contribution in [-0.2, 0) is 19.2 Å². The summed E-state index contributed by atoms with van der Waals surface area (Å²) in [6, 6.07) is 28.9. The maximum atomic E-state index is 12.8. The van der Waals surface area contributed by atoms with Crippen molar-refractivity contribution >= 4 is 56.4 Å². The Labute approximate surface area is 323 Å². The molecule has 288 valence electrons. The Morgan fingerprint density at radius 1 is 0.582 bits per heavy atom. The molecule has 55 heavy (non-hydrogen) atoms. The Balaban J connectivity index is 0.000000156. The van der Waals surface area contributed by atoms with Crippen LogP contribution >= 0.6 is 0 Å². The molecular weight excluding hydrogens is 689 g/mol. The lowest BCUT2D eigenvalue weighted by Gasteiger charge is -2.29. The molecule has 0 aromatic heterocycles. The summed E-state index contributed by atoms with van der Waals surface area (Å²) >= 11 is 0. The van der Waals surface area contributed by atoms with Crippen molar-refractivity contribution in [2.24, 2.45) is 11.8 Å². The van der Waals surface area contributed by atoms with Gasteiger partial charge in [0.2, 0.25) is 5.91 Å². The van der Waals surface area contributed by atoms with E-state index in [1.165, 1.54) is 5.39 Å². The first kappa shape index (κ1) is 39.3. The Bertz CT molecular complexity index is 2090. The fraction of sp³-hybridized carbons (Fsp3) is 0.391. The van der Waals surface area contributed by atoms with Gasteiger partial charge in [0.15, 0.2) is 11.6 Å². The Morgan fingerprint density at radius 3 is 1.53 bits per heavy atom. The van der Waals surface area contributed by atoms with Crippen LogP contribution in [-0.4, -0.2) is 40.6 Å². The number of rotatable bonds is 7. The average molecular weight is 743 g/mol. The number of Topliss-reactive ketones (excluding diaryl/α,β-unsaturated/α-hetero) is 2. The van der Waals surface area contributed by atoms with E-state index in [0.29, 0.717) is 24.9 Å². The minimum absolute atomic E-state index is 0.0577. The van der Waals surface area contributed by atoms with E-state index in [-0.39, 0.29) is 29.3 Å². The largest absolute Gasteiger partial charge is 0.481 e. The Morgan fingerprint density at radius 2 is 1.04 bits per heavy atom. The minimum atomic E-state index is -0.671. The van der Waals surface area contributed by atoms with Gasteiger partial charge < -0.3 is 26.8 Å². The number of carboxylic acids is 1. The van der Waals surface area contributed by atoms with Crippen LogP contribution in [0.1, 0.15) is 90.9 Å². The van der Waals surface area contributed by atoms with Crippen molar-refractivity contribution in [3.63, 3.8) is 0 Å². The first-order chi connectivity index (χ1) is 26.6. The number of nitrogens with one attached hydrogen (secondary N) is 3. The number of hydrogen-bond donors (Lipinski definition) is 5. The van der Waals surface area contributed by atoms with Crippen LogP contribution in [0.15, 0.2) is 107 Å². The second-order valence-corrected chi connectivity index (χ2v) is 15.4. The van der Waals surface area contributed by atoms with Gasteiger partial charge in [-0.3, -0.25) is 19.2 Å². The van der Waals surface area contributed by atoms with Gasteiger partial charge in [-0.15, -0.1) is 0 Å². The lowest BCUT2D eigenvalue weighted by atomic mass is 9.85. The fourth-order valence-electron chi connectivity index (χ4n) is 8.22. The molecule has 0 unspecified atom stereocenters. The summed E-state index contributed by atoms with van der Waals surface area (Å²) in [5.74, 6) is -0.158. The third-order valence-electron chi connectivity index (χ3n) is 11.7. The van der Waals surface area contributed by atoms with Crippen molar-refractivity contribution in [2.45, 2.75) is 103 Å². The Hall–Kier alpha value is -5.44. The third-order valence-corrected chi connectivity index (χ3v) is 11.7. The number of allylic oxidation sites excluding steroid dienone is 4. The van der Waals surface area contributed by atoms with Gasteiger partial charge in [-0.05, 0) is 101 Å². The van der Waals surface area contributed by atoms with Crippen LogP contribution in [0, 0.1) is 11.8 Å². The second-order valence-electron chi connectivity index (χ2n) is 15.4. The zero-order chi connectivity index (χ0) is 38.9. The summed E-state index contributed by atoms with van der Waals surface area (Å²) in [4.78, 5) is 46.7. The van der Waals surface area contributed by atoms with Crippen LogP contribution in [0.25, 0.3) is 21.5 Å². The summed E-state index contributed by atoms with van der Waals surface area (Å²) in [7, 11) is 0. The maximum absolute atomic E-state index is 12.8. The van der Waals surface area contributed by atoms with Crippen LogP contribution in [0.4, 0.5) is 11.4 Å². The van der Waals surface area contributed by atoms with E-state index in [1.807, 2.05) is 74.5 Å². The van der Waals surface area contributed by atoms with E-state index in [1.54, 1.807) is 0 Å². The lowest BCUT2D eigenvalue weighted by Crippen LogP contribution is -2.36. The molecule has 0 atom stereocenters. The number of anilines is 2. The number of aliphatic carboxylic acids is 1. The number of benzene rings is 4. The molecule has 4 aromatic rings. The van der Waals surface area contributed by atoms with Crippen molar-refractivity contribution in [1.82, 2.24) is 10.6 Å². The first-order valence-corrected chi connectivity index (χ1v) is 19.8. The molecule has 0 aliphatic heterocycles. The molecule has 0 saturated heterocycles. The molecule has 0 radical (unpaired) electrons. The van der Waals surface area contributed by atoms with E-state index in [4.69, 9.17) is 10.8 Å². The molecular formula is C46H54N4O5. The molecule has 0 bridgehead atoms. The van der Waals surface area contributed by atoms with Gasteiger partial charge in [0.1, 0.15) is 0 Å². The molecule has 4 aromatic carbocycles. The highest BCUT2D eigenvalue weighted by atomic mass is 16.4. The fourth-order valence-corrected chi connectivity index (χ4v) is 8.22. The van der Waals surface area contributed by atoms with E-state index in [0.717, 1.165) is 114 Å². The van der Waals surface area contributed by atoms with Crippen LogP contribution in [0.3, 0.4) is 0 Å². The highest BCUT2D eigenvalue weighted by molar-refractivity contribution is 6.03. The number of amides is 1. The van der Waals surface area contributed by atoms with Crippen LogP contribution < -0.4 is 21.7 Å². The molecule has 2 fully saturated rings. The van der Waals surface area contributed by atoms with Crippen LogP contribution in [0.2, 0.25) is 0 Å². The maximum Gasteiger partial charge on any atom is 0.306 e. The summed E-state index contributed by atoms with van der Waals surface area (Å²) < 4.78 is 0. The van der Waals surface area contributed by atoms with Gasteiger partial charge in [0.25, 0.3) is 0 Å². The van der Waals surface area contributed by atoms with Crippen molar-refractivity contribution in [3.05, 3.63) is 107 Å². The van der Waals surface area contributed by atoms with Gasteiger partial charge >= 0.3 is 5.97 Å². The third kappa shape index (κ3) is 10.0. The lowest BCUT2D eigenvalue weighted by molar-refractivity contribution is -0.142. The second kappa shape index (κ2) is 18.3. The number of carbonyl (C=O) groups is 4. The van der Waals surface area contributed by atoms with E-state index in [9.17, 15) is 19.2 Å². The normalized spacial score (nSPS) is 22.4. The van der Waals surface area contributed by atoms with Crippen LogP contribution in [0.5, 0.6) is 0 Å². The number of carboxylic acid groups (broad SMARTS) is 1. The molecule has 1 amide bonds. The molecule has 0 heterocycles. The highest BCUT2D eigenvalue weighted by Gasteiger charge is 2.30. The van der Waals surface area contributed by atoms with Gasteiger partial charge in [0, 0.05) is 75.5 Å². The number of hydrogen-bond acceptors (Lipinski definition) is 7. The monoisotopic (exact) mass is 742 g/mol. The standard InChI is InChI=1S/C23H26N2O2.C13H19NO3.C10H9N/c1-15-20(13-14-22(15)26)24-18-11-9-17(10-12-18)23(27)25-21-8-4-6-16-5-2-3-7-19(16)21;1-8-11(6-7-12(8)15)14-10-4-2-9(3-5-10)13(16)17;11-10-7-3-5-8-4-1-2-6-9(8)10/h2-8,17-18,24H,9-14H2,1H3,(H,25,27);9-10,14H,2-7H2,1H3,(H,16,17);1-7H,11H2. The molecule has 6 N–H and O–H groups in total. The number of nitrogens with two attached hydrogens (primary N) is 1. The summed E-state index contributed by atoms with van der Waals surface area (Å²) in [5.41, 5.74) is 11.5. The number of nitrogen functional groups attached to an aromatic ring is 1. The summed E-state index contributed by atoms with van der Waals surface area (Å²) in [6.45, 7) is 3.79. The average Bonchev–Trinajstić information content (AvgIpc) is 3.69. The summed E-state index contributed by atoms with van der Waals surface area (Å²) in [6.07, 6.45) is 9.90. The predicted molar refractivity (Wildman–Crippen MR) is 220 cm³/mol. The van der Waals surface area contributed by atoms with Gasteiger partial charge in [-0.2, -0.15) is 0 Å². The zero-order valence-electron chi connectivity index (χ0n) is 32.0. The van der Waals surface area contributed by atoms with Gasteiger partial charge in [0.05, 0.1) is 5.92 Å². The molecule has 8 rings (SSSR count). The van der Waals surface area contributed by atoms with Gasteiger partial charge in [-0.25, -0.2) is 0 Å². The quantitative estimate of drug-likeness (QED) is 0.118. The molecule has 9 nitrogen and oxygen atoms in total. The smallest absolute Gasteiger partial charge is 0.306 e. The first-order valence-electron chi connectivity index (χ1n) is 19.8. The van der Waals surface area contributed by atoms with E-state index in [2.05, 4.69) is 40.2 Å². The summed E-state index contributed by atoms with van der Waals surface area (Å²) in [5, 5.41) is 23.6.